The summed E-state index contributed by atoms with van der Waals surface area (Å²) >= 11 is 0. The highest BCUT2D eigenvalue weighted by Crippen LogP contribution is 2.32. The Kier molecular flexibility index (Phi) is 6.35. The predicted molar refractivity (Wildman–Crippen MR) is 131 cm³/mol. The molecule has 5 heterocycles. The first-order chi connectivity index (χ1) is 16.1. The molecule has 2 N–H and O–H groups in total. The zero-order valence-electron chi connectivity index (χ0n) is 19.6. The van der Waals surface area contributed by atoms with Gasteiger partial charge in [0, 0.05) is 67.7 Å². The van der Waals surface area contributed by atoms with E-state index in [9.17, 15) is 4.79 Å². The Morgan fingerprint density at radius 2 is 2.06 bits per heavy atom. The van der Waals surface area contributed by atoms with E-state index in [2.05, 4.69) is 45.1 Å². The van der Waals surface area contributed by atoms with Crippen molar-refractivity contribution in [3.63, 3.8) is 0 Å². The number of aromatic amines is 1. The van der Waals surface area contributed by atoms with Crippen LogP contribution >= 0.6 is 0 Å². The lowest BCUT2D eigenvalue weighted by Crippen LogP contribution is -2.52. The number of pyridine rings is 2. The fourth-order valence-electron chi connectivity index (χ4n) is 5.02. The molecule has 5 rings (SSSR count). The second-order valence-electron chi connectivity index (χ2n) is 9.74. The Balaban J connectivity index is 1.20. The van der Waals surface area contributed by atoms with Crippen LogP contribution in [0.2, 0.25) is 0 Å². The monoisotopic (exact) mass is 450 g/mol. The van der Waals surface area contributed by atoms with Gasteiger partial charge in [0.25, 0.3) is 0 Å². The highest BCUT2D eigenvalue weighted by molar-refractivity contribution is 6.09. The Bertz CT molecular complexity index is 1100. The van der Waals surface area contributed by atoms with Gasteiger partial charge in [0.2, 0.25) is 0 Å². The normalized spacial score (nSPS) is 20.2. The summed E-state index contributed by atoms with van der Waals surface area (Å²) in [5, 5.41) is 5.53. The number of amides is 2. The molecule has 8 heteroatoms. The van der Waals surface area contributed by atoms with Crippen LogP contribution in [0.1, 0.15) is 39.5 Å². The van der Waals surface area contributed by atoms with Gasteiger partial charge in [-0.2, -0.15) is 0 Å². The third-order valence-corrected chi connectivity index (χ3v) is 6.76. The molecule has 8 nitrogen and oxygen atoms in total. The Labute approximate surface area is 194 Å². The third kappa shape index (κ3) is 4.76. The number of carbonyl (C=O) groups excluding carboxylic acids is 1. The van der Waals surface area contributed by atoms with Crippen molar-refractivity contribution in [1.29, 1.82) is 0 Å². The van der Waals surface area contributed by atoms with Crippen LogP contribution in [0.25, 0.3) is 21.9 Å². The second-order valence-corrected chi connectivity index (χ2v) is 9.74. The maximum atomic E-state index is 12.9. The third-order valence-electron chi connectivity index (χ3n) is 6.76. The maximum absolute atomic E-state index is 12.9. The summed E-state index contributed by atoms with van der Waals surface area (Å²) in [4.78, 5) is 29.4. The highest BCUT2D eigenvalue weighted by atomic mass is 16.5. The molecule has 0 radical (unpaired) electrons. The maximum Gasteiger partial charge on any atom is 0.317 e. The van der Waals surface area contributed by atoms with Crippen LogP contribution in [0.15, 0.2) is 30.7 Å². The standard InChI is InChI=1S/C25H34N6O2/c1-17(2)16-33-19-4-3-11-31(15-19)25(32)29-18-7-12-30(13-8-18)22-6-10-26-21-14-28-24-20(23(21)22)5-9-27-24/h5-6,9-10,14,17-19,26H,3-4,7-8,11-13,15-16H2,1-2H3,(H,29,32). The first-order valence-electron chi connectivity index (χ1n) is 12.2. The summed E-state index contributed by atoms with van der Waals surface area (Å²) in [5.41, 5.74) is 3.00. The minimum Gasteiger partial charge on any atom is -0.376 e. The molecule has 2 aliphatic rings. The number of ether oxygens (including phenoxy) is 1. The van der Waals surface area contributed by atoms with Crippen LogP contribution in [0.5, 0.6) is 0 Å². The van der Waals surface area contributed by atoms with Gasteiger partial charge in [0.05, 0.1) is 17.8 Å². The zero-order valence-corrected chi connectivity index (χ0v) is 19.6. The fourth-order valence-corrected chi connectivity index (χ4v) is 5.02. The summed E-state index contributed by atoms with van der Waals surface area (Å²) in [6.45, 7) is 8.40. The van der Waals surface area contributed by atoms with Crippen molar-refractivity contribution in [3.8, 4) is 0 Å². The molecule has 2 aliphatic heterocycles. The number of nitrogens with zero attached hydrogens (tertiary/aromatic N) is 4. The number of hydrogen-bond acceptors (Lipinski definition) is 5. The summed E-state index contributed by atoms with van der Waals surface area (Å²) < 4.78 is 6.00. The van der Waals surface area contributed by atoms with E-state index in [1.54, 1.807) is 0 Å². The Morgan fingerprint density at radius 3 is 2.88 bits per heavy atom. The average molecular weight is 451 g/mol. The molecule has 0 saturated carbocycles. The zero-order chi connectivity index (χ0) is 22.8. The van der Waals surface area contributed by atoms with E-state index < -0.39 is 0 Å². The molecule has 2 fully saturated rings. The van der Waals surface area contributed by atoms with Crippen LogP contribution in [0, 0.1) is 5.92 Å². The van der Waals surface area contributed by atoms with Crippen molar-refractivity contribution in [1.82, 2.24) is 25.2 Å². The van der Waals surface area contributed by atoms with E-state index >= 15 is 0 Å². The number of rotatable bonds is 5. The molecular weight excluding hydrogens is 416 g/mol. The fraction of sp³-hybridized carbons (Fsp3) is 0.560. The van der Waals surface area contributed by atoms with Gasteiger partial charge in [0.1, 0.15) is 0 Å². The van der Waals surface area contributed by atoms with Crippen LogP contribution < -0.4 is 10.2 Å². The van der Waals surface area contributed by atoms with Gasteiger partial charge >= 0.3 is 6.03 Å². The van der Waals surface area contributed by atoms with Gasteiger partial charge < -0.3 is 24.8 Å². The van der Waals surface area contributed by atoms with Gasteiger partial charge in [-0.1, -0.05) is 13.8 Å². The number of aromatic nitrogens is 3. The number of fused-ring (bicyclic) bond motifs is 3. The van der Waals surface area contributed by atoms with Gasteiger partial charge in [-0.25, -0.2) is 14.8 Å². The summed E-state index contributed by atoms with van der Waals surface area (Å²) in [5.74, 6) is 0.516. The van der Waals surface area contributed by atoms with Crippen molar-refractivity contribution < 1.29 is 9.53 Å². The van der Waals surface area contributed by atoms with Crippen molar-refractivity contribution in [3.05, 3.63) is 30.7 Å². The van der Waals surface area contributed by atoms with E-state index in [1.807, 2.05) is 29.6 Å². The summed E-state index contributed by atoms with van der Waals surface area (Å²) in [6, 6.07) is 4.43. The number of nitrogens with one attached hydrogen (secondary N) is 2. The molecule has 0 aliphatic carbocycles. The quantitative estimate of drug-likeness (QED) is 0.615. The summed E-state index contributed by atoms with van der Waals surface area (Å²) in [6.07, 6.45) is 9.72. The second kappa shape index (κ2) is 9.55. The van der Waals surface area contributed by atoms with Crippen molar-refractivity contribution in [2.45, 2.75) is 51.7 Å². The molecule has 0 bridgehead atoms. The summed E-state index contributed by atoms with van der Waals surface area (Å²) in [7, 11) is 0. The number of hydrogen-bond donors (Lipinski definition) is 2. The minimum absolute atomic E-state index is 0.0571. The van der Waals surface area contributed by atoms with Crippen LogP contribution in [0.4, 0.5) is 10.5 Å². The number of piperidine rings is 2. The van der Waals surface area contributed by atoms with E-state index in [-0.39, 0.29) is 18.2 Å². The minimum atomic E-state index is 0.0571. The first kappa shape index (κ1) is 21.9. The highest BCUT2D eigenvalue weighted by Gasteiger charge is 2.28. The number of likely N-dealkylation sites (tertiary alicyclic amines) is 1. The van der Waals surface area contributed by atoms with Crippen molar-refractivity contribution in [2.24, 2.45) is 5.92 Å². The van der Waals surface area contributed by atoms with Crippen molar-refractivity contribution in [2.75, 3.05) is 37.7 Å². The predicted octanol–water partition coefficient (Wildman–Crippen LogP) is 3.93. The number of carbonyl (C=O) groups is 1. The lowest BCUT2D eigenvalue weighted by atomic mass is 10.0. The smallest absolute Gasteiger partial charge is 0.317 e. The SMILES string of the molecule is CC(C)COC1CCCN(C(=O)NC2CCN(c3cc[nH]c4cnc5nccc5c34)CC2)C1. The van der Waals surface area contributed by atoms with Crippen LogP contribution in [-0.4, -0.2) is 70.8 Å². The largest absolute Gasteiger partial charge is 0.376 e. The van der Waals surface area contributed by atoms with Crippen LogP contribution in [0.3, 0.4) is 0 Å². The Morgan fingerprint density at radius 1 is 1.21 bits per heavy atom. The molecule has 2 saturated heterocycles. The molecule has 1 atom stereocenters. The lowest BCUT2D eigenvalue weighted by Gasteiger charge is -2.37. The molecule has 1 unspecified atom stereocenters. The van der Waals surface area contributed by atoms with E-state index in [1.165, 1.54) is 11.1 Å². The molecule has 33 heavy (non-hydrogen) atoms. The van der Waals surface area contributed by atoms with Gasteiger partial charge in [-0.15, -0.1) is 0 Å². The number of H-pyrrole nitrogens is 1. The van der Waals surface area contributed by atoms with Gasteiger partial charge in [-0.3, -0.25) is 0 Å². The van der Waals surface area contributed by atoms with E-state index in [0.717, 1.165) is 68.5 Å². The van der Waals surface area contributed by atoms with E-state index in [0.29, 0.717) is 12.5 Å². The molecule has 3 aromatic heterocycles. The molecule has 0 aromatic carbocycles. The lowest BCUT2D eigenvalue weighted by molar-refractivity contribution is -0.00270. The number of anilines is 1. The first-order valence-corrected chi connectivity index (χ1v) is 12.2. The molecule has 0 spiro atoms. The molecular formula is C25H34N6O2. The Hall–Kier alpha value is -2.87. The topological polar surface area (TPSA) is 86.4 Å². The van der Waals surface area contributed by atoms with Crippen LogP contribution in [-0.2, 0) is 4.74 Å². The molecule has 2 amide bonds. The average Bonchev–Trinajstić information content (AvgIpc) is 3.32. The van der Waals surface area contributed by atoms with Crippen molar-refractivity contribution >= 4 is 33.7 Å². The van der Waals surface area contributed by atoms with Gasteiger partial charge in [-0.05, 0) is 43.7 Å². The number of urea groups is 1. The molecule has 3 aromatic rings. The molecule has 176 valence electrons. The van der Waals surface area contributed by atoms with Gasteiger partial charge in [0.15, 0.2) is 5.65 Å². The van der Waals surface area contributed by atoms with E-state index in [4.69, 9.17) is 4.74 Å².